The molecule has 2 aliphatic rings. The van der Waals surface area contributed by atoms with Crippen LogP contribution < -0.4 is 11.1 Å². The van der Waals surface area contributed by atoms with Gasteiger partial charge in [-0.15, -0.1) is 0 Å². The molecule has 1 aliphatic carbocycles. The Morgan fingerprint density at radius 2 is 2.11 bits per heavy atom. The molecule has 19 heavy (non-hydrogen) atoms. The average Bonchev–Trinajstić information content (AvgIpc) is 3.14. The summed E-state index contributed by atoms with van der Waals surface area (Å²) in [6.07, 6.45) is 2.43. The third-order valence-corrected chi connectivity index (χ3v) is 3.94. The Morgan fingerprint density at radius 3 is 2.74 bits per heavy atom. The predicted octanol–water partition coefficient (Wildman–Crippen LogP) is 1.19. The zero-order valence-electron chi connectivity index (χ0n) is 10.7. The lowest BCUT2D eigenvalue weighted by Gasteiger charge is -2.48. The van der Waals surface area contributed by atoms with Crippen LogP contribution in [0.3, 0.4) is 0 Å². The number of carbonyl (C=O) groups excluding carboxylic acids is 1. The number of nitrogens with zero attached hydrogens (tertiary/aromatic N) is 1. The Hall–Kier alpha value is -1.46. The summed E-state index contributed by atoms with van der Waals surface area (Å²) < 4.78 is 13.4. The van der Waals surface area contributed by atoms with Crippen molar-refractivity contribution in [2.75, 3.05) is 25.0 Å². The molecule has 1 aliphatic heterocycles. The van der Waals surface area contributed by atoms with Gasteiger partial charge in [0.25, 0.3) is 0 Å². The number of nitrogens with one attached hydrogen (secondary N) is 1. The van der Waals surface area contributed by atoms with E-state index in [9.17, 15) is 9.18 Å². The number of anilines is 1. The number of hydrogen-bond acceptors (Lipinski definition) is 3. The first-order valence-corrected chi connectivity index (χ1v) is 6.62. The second kappa shape index (κ2) is 4.58. The van der Waals surface area contributed by atoms with Gasteiger partial charge in [0.1, 0.15) is 5.82 Å². The largest absolute Gasteiger partial charge is 0.323 e. The van der Waals surface area contributed by atoms with Crippen molar-refractivity contribution < 1.29 is 9.18 Å². The summed E-state index contributed by atoms with van der Waals surface area (Å²) >= 11 is 0. The molecule has 4 nitrogen and oxygen atoms in total. The molecule has 3 rings (SSSR count). The van der Waals surface area contributed by atoms with Crippen LogP contribution in [-0.2, 0) is 4.79 Å². The molecule has 1 aromatic rings. The van der Waals surface area contributed by atoms with Gasteiger partial charge in [-0.1, -0.05) is 12.1 Å². The van der Waals surface area contributed by atoms with Crippen molar-refractivity contribution in [3.05, 3.63) is 30.1 Å². The molecule has 0 aromatic heterocycles. The van der Waals surface area contributed by atoms with Crippen molar-refractivity contribution >= 4 is 11.6 Å². The number of carbonyl (C=O) groups is 1. The van der Waals surface area contributed by atoms with Crippen molar-refractivity contribution in [3.63, 3.8) is 0 Å². The summed E-state index contributed by atoms with van der Waals surface area (Å²) in [5.41, 5.74) is 6.36. The summed E-state index contributed by atoms with van der Waals surface area (Å²) in [6.45, 7) is 1.81. The molecule has 0 atom stereocenters. The fourth-order valence-electron chi connectivity index (χ4n) is 2.77. The minimum Gasteiger partial charge on any atom is -0.323 e. The molecule has 1 amide bonds. The summed E-state index contributed by atoms with van der Waals surface area (Å²) in [5, 5.41) is 2.59. The van der Waals surface area contributed by atoms with Crippen molar-refractivity contribution in [1.29, 1.82) is 0 Å². The van der Waals surface area contributed by atoms with Gasteiger partial charge in [0, 0.05) is 18.6 Å². The van der Waals surface area contributed by atoms with Gasteiger partial charge in [-0.25, -0.2) is 4.39 Å². The van der Waals surface area contributed by atoms with Crippen LogP contribution >= 0.6 is 0 Å². The smallest absolute Gasteiger partial charge is 0.238 e. The lowest BCUT2D eigenvalue weighted by atomic mass is 9.86. The van der Waals surface area contributed by atoms with Crippen molar-refractivity contribution in [1.82, 2.24) is 4.90 Å². The molecule has 2 fully saturated rings. The summed E-state index contributed by atoms with van der Waals surface area (Å²) in [5.74, 6) is 0.0342. The summed E-state index contributed by atoms with van der Waals surface area (Å²) in [4.78, 5) is 13.8. The maximum atomic E-state index is 13.4. The minimum absolute atomic E-state index is 0.0850. The zero-order valence-corrected chi connectivity index (χ0v) is 10.7. The maximum Gasteiger partial charge on any atom is 0.238 e. The highest BCUT2D eigenvalue weighted by Crippen LogP contribution is 2.42. The maximum absolute atomic E-state index is 13.4. The lowest BCUT2D eigenvalue weighted by Crippen LogP contribution is -2.69. The Kier molecular flexibility index (Phi) is 3.03. The van der Waals surface area contributed by atoms with Gasteiger partial charge in [0.15, 0.2) is 0 Å². The number of amides is 1. The lowest BCUT2D eigenvalue weighted by molar-refractivity contribution is -0.119. The van der Waals surface area contributed by atoms with Gasteiger partial charge in [-0.2, -0.15) is 0 Å². The van der Waals surface area contributed by atoms with Crippen LogP contribution in [0.25, 0.3) is 0 Å². The molecule has 0 bridgehead atoms. The van der Waals surface area contributed by atoms with Gasteiger partial charge in [0.05, 0.1) is 12.2 Å². The third kappa shape index (κ3) is 2.62. The highest BCUT2D eigenvalue weighted by atomic mass is 19.1. The number of halogens is 1. The second-order valence-electron chi connectivity index (χ2n) is 5.68. The van der Waals surface area contributed by atoms with Crippen LogP contribution in [0.5, 0.6) is 0 Å². The Balaban J connectivity index is 1.49. The Labute approximate surface area is 111 Å². The molecule has 1 saturated carbocycles. The molecule has 1 saturated heterocycles. The van der Waals surface area contributed by atoms with Gasteiger partial charge < -0.3 is 11.1 Å². The molecule has 5 heteroatoms. The van der Waals surface area contributed by atoms with E-state index in [0.29, 0.717) is 5.92 Å². The fourth-order valence-corrected chi connectivity index (χ4v) is 2.77. The van der Waals surface area contributed by atoms with Gasteiger partial charge in [-0.3, -0.25) is 9.69 Å². The fraction of sp³-hybridized carbons (Fsp3) is 0.500. The van der Waals surface area contributed by atoms with E-state index in [1.54, 1.807) is 18.2 Å². The topological polar surface area (TPSA) is 58.4 Å². The van der Waals surface area contributed by atoms with E-state index in [1.807, 2.05) is 4.90 Å². The highest BCUT2D eigenvalue weighted by molar-refractivity contribution is 5.92. The predicted molar refractivity (Wildman–Crippen MR) is 71.1 cm³/mol. The number of hydrogen-bond donors (Lipinski definition) is 2. The van der Waals surface area contributed by atoms with E-state index >= 15 is 0 Å². The molecular weight excluding hydrogens is 245 g/mol. The average molecular weight is 263 g/mol. The SMILES string of the molecule is NC1(C2CC2)CN(CC(=O)Nc2ccccc2F)C1. The van der Waals surface area contributed by atoms with Crippen LogP contribution in [0.15, 0.2) is 24.3 Å². The number of para-hydroxylation sites is 1. The third-order valence-electron chi connectivity index (χ3n) is 3.94. The second-order valence-corrected chi connectivity index (χ2v) is 5.68. The molecule has 1 heterocycles. The van der Waals surface area contributed by atoms with E-state index in [4.69, 9.17) is 5.73 Å². The normalized spacial score (nSPS) is 21.8. The summed E-state index contributed by atoms with van der Waals surface area (Å²) in [7, 11) is 0. The van der Waals surface area contributed by atoms with Crippen LogP contribution in [0, 0.1) is 11.7 Å². The first-order chi connectivity index (χ1) is 9.07. The van der Waals surface area contributed by atoms with Crippen LogP contribution in [0.1, 0.15) is 12.8 Å². The van der Waals surface area contributed by atoms with Crippen LogP contribution in [0.2, 0.25) is 0 Å². The van der Waals surface area contributed by atoms with Crippen molar-refractivity contribution in [2.45, 2.75) is 18.4 Å². The zero-order chi connectivity index (χ0) is 13.5. The molecule has 1 aromatic carbocycles. The molecule has 0 radical (unpaired) electrons. The number of benzene rings is 1. The van der Waals surface area contributed by atoms with E-state index in [0.717, 1.165) is 13.1 Å². The van der Waals surface area contributed by atoms with Gasteiger partial charge in [-0.05, 0) is 30.9 Å². The van der Waals surface area contributed by atoms with Crippen LogP contribution in [-0.4, -0.2) is 36.0 Å². The molecule has 0 spiro atoms. The van der Waals surface area contributed by atoms with Gasteiger partial charge in [0.2, 0.25) is 5.91 Å². The van der Waals surface area contributed by atoms with Crippen molar-refractivity contribution in [3.8, 4) is 0 Å². The number of likely N-dealkylation sites (tertiary alicyclic amines) is 1. The van der Waals surface area contributed by atoms with Crippen molar-refractivity contribution in [2.24, 2.45) is 11.7 Å². The minimum atomic E-state index is -0.411. The summed E-state index contributed by atoms with van der Waals surface area (Å²) in [6, 6.07) is 6.18. The Morgan fingerprint density at radius 1 is 1.42 bits per heavy atom. The number of nitrogens with two attached hydrogens (primary N) is 1. The first-order valence-electron chi connectivity index (χ1n) is 6.62. The standard InChI is InChI=1S/C14H18FN3O/c15-11-3-1-2-4-12(11)17-13(19)7-18-8-14(16,9-18)10-5-6-10/h1-4,10H,5-9,16H2,(H,17,19). The number of rotatable bonds is 4. The van der Waals surface area contributed by atoms with E-state index in [2.05, 4.69) is 5.32 Å². The molecular formula is C14H18FN3O. The first kappa shape index (κ1) is 12.6. The van der Waals surface area contributed by atoms with E-state index < -0.39 is 5.82 Å². The Bertz CT molecular complexity index is 495. The highest BCUT2D eigenvalue weighted by Gasteiger charge is 2.50. The van der Waals surface area contributed by atoms with E-state index in [1.165, 1.54) is 18.9 Å². The molecule has 3 N–H and O–H groups in total. The van der Waals surface area contributed by atoms with E-state index in [-0.39, 0.29) is 23.7 Å². The molecule has 0 unspecified atom stereocenters. The quantitative estimate of drug-likeness (QED) is 0.858. The monoisotopic (exact) mass is 263 g/mol. The molecule has 102 valence electrons. The van der Waals surface area contributed by atoms with Gasteiger partial charge >= 0.3 is 0 Å². The van der Waals surface area contributed by atoms with Crippen LogP contribution in [0.4, 0.5) is 10.1 Å².